The summed E-state index contributed by atoms with van der Waals surface area (Å²) in [6.45, 7) is 4.23. The topological polar surface area (TPSA) is 105 Å². The number of carbonyl (C=O) groups is 2. The number of urea groups is 1. The van der Waals surface area contributed by atoms with Gasteiger partial charge < -0.3 is 29.8 Å². The lowest BCUT2D eigenvalue weighted by Crippen LogP contribution is -2.36. The van der Waals surface area contributed by atoms with E-state index in [0.717, 1.165) is 60.6 Å². The van der Waals surface area contributed by atoms with Crippen molar-refractivity contribution in [2.24, 2.45) is 0 Å². The summed E-state index contributed by atoms with van der Waals surface area (Å²) in [5.41, 5.74) is 3.66. The van der Waals surface area contributed by atoms with Crippen molar-refractivity contribution in [1.29, 1.82) is 0 Å². The molecular formula is C27H28N4O5. The van der Waals surface area contributed by atoms with Gasteiger partial charge in [0.05, 0.1) is 31.4 Å². The molecule has 1 saturated heterocycles. The van der Waals surface area contributed by atoms with Crippen molar-refractivity contribution >= 4 is 40.6 Å². The molecule has 9 heteroatoms. The molecule has 0 radical (unpaired) electrons. The van der Waals surface area contributed by atoms with Gasteiger partial charge >= 0.3 is 6.03 Å². The van der Waals surface area contributed by atoms with Crippen LogP contribution in [-0.4, -0.2) is 68.7 Å². The monoisotopic (exact) mass is 488 g/mol. The van der Waals surface area contributed by atoms with E-state index in [9.17, 15) is 9.59 Å². The quantitative estimate of drug-likeness (QED) is 0.455. The third-order valence-corrected chi connectivity index (χ3v) is 6.27. The number of amides is 2. The predicted molar refractivity (Wildman–Crippen MR) is 139 cm³/mol. The number of allylic oxidation sites excluding steroid dienone is 1. The lowest BCUT2D eigenvalue weighted by Gasteiger charge is -2.25. The molecule has 0 unspecified atom stereocenters. The highest BCUT2D eigenvalue weighted by molar-refractivity contribution is 6.16. The van der Waals surface area contributed by atoms with Crippen molar-refractivity contribution in [3.05, 3.63) is 65.1 Å². The number of methoxy groups -OCH3 is 1. The highest BCUT2D eigenvalue weighted by Gasteiger charge is 2.28. The fourth-order valence-corrected chi connectivity index (χ4v) is 4.34. The molecule has 0 aliphatic carbocycles. The summed E-state index contributed by atoms with van der Waals surface area (Å²) in [5.74, 6) is 1.15. The summed E-state index contributed by atoms with van der Waals surface area (Å²) >= 11 is 0. The van der Waals surface area contributed by atoms with Crippen LogP contribution in [0.4, 0.5) is 10.5 Å². The fraction of sp³-hybridized carbons (Fsp3) is 0.259. The second-order valence-corrected chi connectivity index (χ2v) is 8.55. The van der Waals surface area contributed by atoms with Gasteiger partial charge in [-0.3, -0.25) is 9.69 Å². The Balaban J connectivity index is 1.41. The number of hydrogen-bond acceptors (Lipinski definition) is 6. The van der Waals surface area contributed by atoms with Gasteiger partial charge in [0.15, 0.2) is 5.76 Å². The third kappa shape index (κ3) is 4.84. The number of ether oxygens (including phenoxy) is 3. The number of anilines is 1. The number of nitrogens with zero attached hydrogens (tertiary/aromatic N) is 1. The van der Waals surface area contributed by atoms with E-state index in [1.54, 1.807) is 31.4 Å². The van der Waals surface area contributed by atoms with Crippen molar-refractivity contribution in [3.8, 4) is 11.5 Å². The van der Waals surface area contributed by atoms with Gasteiger partial charge in [0, 0.05) is 55.1 Å². The number of rotatable bonds is 6. The van der Waals surface area contributed by atoms with E-state index >= 15 is 0 Å². The lowest BCUT2D eigenvalue weighted by molar-refractivity contribution is 0.0435. The zero-order valence-electron chi connectivity index (χ0n) is 20.2. The Morgan fingerprint density at radius 2 is 2.03 bits per heavy atom. The van der Waals surface area contributed by atoms with Crippen LogP contribution in [0.5, 0.6) is 11.5 Å². The minimum absolute atomic E-state index is 0.218. The van der Waals surface area contributed by atoms with E-state index in [2.05, 4.69) is 32.7 Å². The predicted octanol–water partition coefficient (Wildman–Crippen LogP) is 3.89. The summed E-state index contributed by atoms with van der Waals surface area (Å²) in [4.78, 5) is 30.4. The summed E-state index contributed by atoms with van der Waals surface area (Å²) in [6, 6.07) is 8.55. The standard InChI is InChI=1S/C27H28N4O5/c1-28-27(33)30-19-5-6-23-22(14-19)26(32)24(36-23)13-18-16-29-25-17(12-20(34-2)15-21(18)25)4-3-7-31-8-10-35-11-9-31/h3-6,12-16,29H,7-11H2,1-2H3,(H2,28,30,33)/b4-3+,24-13?. The van der Waals surface area contributed by atoms with Crippen LogP contribution < -0.4 is 20.1 Å². The molecule has 0 saturated carbocycles. The van der Waals surface area contributed by atoms with E-state index in [1.165, 1.54) is 7.05 Å². The molecule has 2 aromatic carbocycles. The van der Waals surface area contributed by atoms with Gasteiger partial charge in [-0.05, 0) is 36.4 Å². The molecule has 3 N–H and O–H groups in total. The van der Waals surface area contributed by atoms with Gasteiger partial charge in [-0.25, -0.2) is 4.79 Å². The number of benzene rings is 2. The average Bonchev–Trinajstić information content (AvgIpc) is 3.45. The maximum Gasteiger partial charge on any atom is 0.318 e. The molecule has 9 nitrogen and oxygen atoms in total. The molecule has 36 heavy (non-hydrogen) atoms. The molecule has 3 aromatic rings. The number of hydrogen-bond donors (Lipinski definition) is 3. The van der Waals surface area contributed by atoms with Gasteiger partial charge in [0.25, 0.3) is 0 Å². The zero-order chi connectivity index (χ0) is 25.1. The second kappa shape index (κ2) is 10.3. The SMILES string of the molecule is CNC(=O)Nc1ccc2c(c1)C(=O)C(=Cc1c[nH]c3c(/C=C/CN4CCOCC4)cc(OC)cc13)O2. The first kappa shape index (κ1) is 23.7. The van der Waals surface area contributed by atoms with Crippen molar-refractivity contribution in [1.82, 2.24) is 15.2 Å². The Kier molecular flexibility index (Phi) is 6.75. The Morgan fingerprint density at radius 1 is 1.19 bits per heavy atom. The first-order valence-electron chi connectivity index (χ1n) is 11.8. The van der Waals surface area contributed by atoms with Crippen LogP contribution in [0.25, 0.3) is 23.1 Å². The number of ketones is 1. The lowest BCUT2D eigenvalue weighted by atomic mass is 10.1. The van der Waals surface area contributed by atoms with Gasteiger partial charge in [0.2, 0.25) is 5.78 Å². The minimum atomic E-state index is -0.361. The molecule has 1 fully saturated rings. The number of Topliss-reactive ketones (excluding diaryl/α,β-unsaturated/α-hetero) is 1. The Hall–Kier alpha value is -4.08. The van der Waals surface area contributed by atoms with Crippen LogP contribution in [0, 0.1) is 0 Å². The minimum Gasteiger partial charge on any atom is -0.497 e. The highest BCUT2D eigenvalue weighted by Crippen LogP contribution is 2.35. The molecule has 1 aromatic heterocycles. The molecule has 0 bridgehead atoms. The normalized spacial score (nSPS) is 16.9. The summed E-state index contributed by atoms with van der Waals surface area (Å²) in [5, 5.41) is 6.08. The van der Waals surface area contributed by atoms with Gasteiger partial charge in [-0.15, -0.1) is 0 Å². The number of nitrogens with one attached hydrogen (secondary N) is 3. The highest BCUT2D eigenvalue weighted by atomic mass is 16.5. The van der Waals surface area contributed by atoms with Crippen molar-refractivity contribution in [2.75, 3.05) is 52.3 Å². The molecule has 2 aliphatic rings. The Morgan fingerprint density at radius 3 is 2.81 bits per heavy atom. The molecule has 3 heterocycles. The number of fused-ring (bicyclic) bond motifs is 2. The second-order valence-electron chi connectivity index (χ2n) is 8.55. The summed E-state index contributed by atoms with van der Waals surface area (Å²) in [7, 11) is 3.16. The molecule has 5 rings (SSSR count). The average molecular weight is 489 g/mol. The van der Waals surface area contributed by atoms with Gasteiger partial charge in [0.1, 0.15) is 11.5 Å². The van der Waals surface area contributed by atoms with Crippen LogP contribution in [0.1, 0.15) is 21.5 Å². The number of aromatic nitrogens is 1. The molecule has 2 aliphatic heterocycles. The molecule has 0 spiro atoms. The molecular weight excluding hydrogens is 460 g/mol. The zero-order valence-corrected chi connectivity index (χ0v) is 20.2. The summed E-state index contributed by atoms with van der Waals surface area (Å²) < 4.78 is 16.8. The first-order valence-corrected chi connectivity index (χ1v) is 11.8. The van der Waals surface area contributed by atoms with E-state index in [-0.39, 0.29) is 17.6 Å². The fourth-order valence-electron chi connectivity index (χ4n) is 4.34. The third-order valence-electron chi connectivity index (χ3n) is 6.27. The van der Waals surface area contributed by atoms with Crippen LogP contribution in [0.15, 0.2) is 48.4 Å². The van der Waals surface area contributed by atoms with Crippen molar-refractivity contribution in [2.45, 2.75) is 0 Å². The molecule has 186 valence electrons. The number of morpholine rings is 1. The van der Waals surface area contributed by atoms with Crippen molar-refractivity contribution in [3.63, 3.8) is 0 Å². The van der Waals surface area contributed by atoms with Gasteiger partial charge in [-0.1, -0.05) is 12.2 Å². The van der Waals surface area contributed by atoms with Crippen LogP contribution >= 0.6 is 0 Å². The molecule has 0 atom stereocenters. The van der Waals surface area contributed by atoms with E-state index in [4.69, 9.17) is 14.2 Å². The number of aromatic amines is 1. The van der Waals surface area contributed by atoms with Crippen molar-refractivity contribution < 1.29 is 23.8 Å². The van der Waals surface area contributed by atoms with Crippen LogP contribution in [0.2, 0.25) is 0 Å². The van der Waals surface area contributed by atoms with E-state index in [1.807, 2.05) is 18.3 Å². The van der Waals surface area contributed by atoms with E-state index < -0.39 is 0 Å². The largest absolute Gasteiger partial charge is 0.497 e. The van der Waals surface area contributed by atoms with Crippen LogP contribution in [-0.2, 0) is 4.74 Å². The van der Waals surface area contributed by atoms with Gasteiger partial charge in [-0.2, -0.15) is 0 Å². The Bertz CT molecular complexity index is 1370. The van der Waals surface area contributed by atoms with E-state index in [0.29, 0.717) is 17.0 Å². The smallest absolute Gasteiger partial charge is 0.318 e. The molecule has 2 amide bonds. The first-order chi connectivity index (χ1) is 17.6. The Labute approximate surface area is 208 Å². The summed E-state index contributed by atoms with van der Waals surface area (Å²) in [6.07, 6.45) is 7.81. The number of H-pyrrole nitrogens is 1. The number of carbonyl (C=O) groups excluding carboxylic acids is 2. The maximum atomic E-state index is 13.1. The maximum absolute atomic E-state index is 13.1. The van der Waals surface area contributed by atoms with Crippen LogP contribution in [0.3, 0.4) is 0 Å².